The highest BCUT2D eigenvalue weighted by Crippen LogP contribution is 2.38. The molecule has 38 heavy (non-hydrogen) atoms. The zero-order valence-electron chi connectivity index (χ0n) is 20.6. The number of amides is 1. The number of alkyl halides is 3. The third-order valence-corrected chi connectivity index (χ3v) is 6.41. The average Bonchev–Trinajstić information content (AvgIpc) is 2.97. The number of hydrogen-bond acceptors (Lipinski definition) is 7. The van der Waals surface area contributed by atoms with E-state index in [1.807, 2.05) is 0 Å². The van der Waals surface area contributed by atoms with Gasteiger partial charge in [-0.1, -0.05) is 12.1 Å². The maximum atomic E-state index is 13.5. The second kappa shape index (κ2) is 10.3. The molecule has 1 fully saturated rings. The zero-order valence-corrected chi connectivity index (χ0v) is 21.4. The number of halogens is 3. The predicted octanol–water partition coefficient (Wildman–Crippen LogP) is 2.68. The largest absolute Gasteiger partial charge is 0.480 e. The van der Waals surface area contributed by atoms with Crippen LogP contribution >= 0.6 is 12.2 Å². The molecule has 200 valence electrons. The Bertz CT molecular complexity index is 1390. The van der Waals surface area contributed by atoms with Crippen molar-refractivity contribution in [1.82, 2.24) is 10.0 Å². The second-order valence-electron chi connectivity index (χ2n) is 9.03. The Hall–Kier alpha value is -4.22. The molecule has 1 aliphatic rings. The van der Waals surface area contributed by atoms with Crippen molar-refractivity contribution in [3.05, 3.63) is 64.2 Å². The lowest BCUT2D eigenvalue weighted by Crippen LogP contribution is -2.43. The molecule has 10 nitrogen and oxygen atoms in total. The van der Waals surface area contributed by atoms with Crippen LogP contribution in [0.5, 0.6) is 0 Å². The van der Waals surface area contributed by atoms with Gasteiger partial charge in [-0.15, -0.1) is 5.10 Å². The number of hydrazine groups is 1. The molecule has 2 aromatic rings. The highest BCUT2D eigenvalue weighted by Gasteiger charge is 2.50. The smallest absolute Gasteiger partial charge is 0.417 e. The quantitative estimate of drug-likeness (QED) is 0.156. The van der Waals surface area contributed by atoms with Gasteiger partial charge in [0, 0.05) is 12.1 Å². The third kappa shape index (κ3) is 5.53. The van der Waals surface area contributed by atoms with Crippen LogP contribution in [0.1, 0.15) is 41.7 Å². The Morgan fingerprint density at radius 1 is 1.26 bits per heavy atom. The van der Waals surface area contributed by atoms with E-state index >= 15 is 0 Å². The second-order valence-corrected chi connectivity index (χ2v) is 9.39. The fourth-order valence-electron chi connectivity index (χ4n) is 3.91. The molecule has 0 atom stereocenters. The Balaban J connectivity index is 1.92. The lowest BCUT2D eigenvalue weighted by atomic mass is 10.00. The lowest BCUT2D eigenvalue weighted by molar-refractivity contribution is -0.139. The predicted molar refractivity (Wildman–Crippen MR) is 136 cm³/mol. The van der Waals surface area contributed by atoms with E-state index in [2.05, 4.69) is 5.10 Å². The summed E-state index contributed by atoms with van der Waals surface area (Å²) in [6.45, 7) is 4.62. The Morgan fingerprint density at radius 2 is 1.92 bits per heavy atom. The topological polar surface area (TPSA) is 152 Å². The molecule has 1 heterocycles. The van der Waals surface area contributed by atoms with Crippen molar-refractivity contribution in [1.29, 1.82) is 5.26 Å². The van der Waals surface area contributed by atoms with Crippen LogP contribution in [0.2, 0.25) is 0 Å². The summed E-state index contributed by atoms with van der Waals surface area (Å²) in [5.74, 6) is 3.79. The monoisotopic (exact) mass is 547 g/mol. The van der Waals surface area contributed by atoms with Gasteiger partial charge in [-0.3, -0.25) is 14.5 Å². The lowest BCUT2D eigenvalue weighted by Gasteiger charge is -2.30. The number of carbonyl (C=O) groups is 2. The van der Waals surface area contributed by atoms with E-state index < -0.39 is 41.3 Å². The first-order chi connectivity index (χ1) is 17.6. The average molecular weight is 548 g/mol. The third-order valence-electron chi connectivity index (χ3n) is 6.01. The summed E-state index contributed by atoms with van der Waals surface area (Å²) in [5.41, 5.74) is 4.90. The maximum Gasteiger partial charge on any atom is 0.417 e. The molecule has 0 unspecified atom stereocenters. The van der Waals surface area contributed by atoms with Gasteiger partial charge in [0.25, 0.3) is 5.91 Å². The summed E-state index contributed by atoms with van der Waals surface area (Å²) >= 11 is 5.54. The number of nitriles is 1. The van der Waals surface area contributed by atoms with Gasteiger partial charge < -0.3 is 15.7 Å². The fraction of sp³-hybridized carbons (Fsp3) is 0.292. The molecule has 0 aromatic heterocycles. The van der Waals surface area contributed by atoms with E-state index in [4.69, 9.17) is 34.2 Å². The van der Waals surface area contributed by atoms with E-state index in [0.717, 1.165) is 28.2 Å². The van der Waals surface area contributed by atoms with Gasteiger partial charge in [0.1, 0.15) is 5.54 Å². The number of thiocarbonyl (C=S) groups is 1. The number of aryl methyl sites for hydroxylation is 1. The molecule has 0 spiro atoms. The molecule has 3 rings (SSSR count). The Kier molecular flexibility index (Phi) is 7.66. The van der Waals surface area contributed by atoms with Crippen LogP contribution in [-0.2, 0) is 22.3 Å². The van der Waals surface area contributed by atoms with Crippen molar-refractivity contribution in [2.75, 3.05) is 11.4 Å². The van der Waals surface area contributed by atoms with Crippen LogP contribution in [0.15, 0.2) is 41.5 Å². The summed E-state index contributed by atoms with van der Waals surface area (Å²) in [5, 5.41) is 22.4. The van der Waals surface area contributed by atoms with Gasteiger partial charge in [-0.25, -0.2) is 11.0 Å². The molecule has 1 amide bonds. The molecule has 2 aromatic carbocycles. The summed E-state index contributed by atoms with van der Waals surface area (Å²) in [7, 11) is 0. The zero-order chi connectivity index (χ0) is 28.6. The van der Waals surface area contributed by atoms with Gasteiger partial charge in [-0.2, -0.15) is 18.4 Å². The molecule has 0 aliphatic carbocycles. The highest BCUT2D eigenvalue weighted by molar-refractivity contribution is 7.80. The van der Waals surface area contributed by atoms with E-state index in [0.29, 0.717) is 10.7 Å². The summed E-state index contributed by atoms with van der Waals surface area (Å²) in [6.07, 6.45) is -4.79. The Labute approximate surface area is 221 Å². The number of anilines is 1. The van der Waals surface area contributed by atoms with Crippen molar-refractivity contribution in [3.63, 3.8) is 0 Å². The SMILES string of the molecule is Cc1cc(/C(N)=N/N(N)CC(=O)O)ccc1CN1C(=S)N(c2ccc(C#N)c(C(F)(F)F)c2)C(=O)C1(C)C. The first-order valence-corrected chi connectivity index (χ1v) is 11.4. The number of benzene rings is 2. The van der Waals surface area contributed by atoms with Crippen LogP contribution in [0, 0.1) is 18.3 Å². The molecule has 1 saturated heterocycles. The van der Waals surface area contributed by atoms with E-state index in [9.17, 15) is 22.8 Å². The van der Waals surface area contributed by atoms with Crippen LogP contribution in [0.4, 0.5) is 18.9 Å². The van der Waals surface area contributed by atoms with E-state index in [1.54, 1.807) is 43.9 Å². The number of carboxylic acid groups (broad SMARTS) is 1. The maximum absolute atomic E-state index is 13.5. The van der Waals surface area contributed by atoms with Gasteiger partial charge in [0.2, 0.25) is 0 Å². The molecule has 1 aliphatic heterocycles. The number of carboxylic acids is 1. The number of rotatable bonds is 7. The van der Waals surface area contributed by atoms with Crippen molar-refractivity contribution in [2.45, 2.75) is 39.0 Å². The molecular formula is C24H24F3N7O3S. The minimum Gasteiger partial charge on any atom is -0.480 e. The van der Waals surface area contributed by atoms with Crippen molar-refractivity contribution in [2.24, 2.45) is 16.7 Å². The molecular weight excluding hydrogens is 523 g/mol. The minimum absolute atomic E-state index is 0.00910. The van der Waals surface area contributed by atoms with Crippen LogP contribution < -0.4 is 16.5 Å². The van der Waals surface area contributed by atoms with E-state index in [-0.39, 0.29) is 23.2 Å². The molecule has 0 radical (unpaired) electrons. The van der Waals surface area contributed by atoms with Gasteiger partial charge >= 0.3 is 12.1 Å². The first kappa shape index (κ1) is 28.4. The highest BCUT2D eigenvalue weighted by atomic mass is 32.1. The summed E-state index contributed by atoms with van der Waals surface area (Å²) < 4.78 is 40.6. The number of nitrogens with zero attached hydrogens (tertiary/aromatic N) is 5. The van der Waals surface area contributed by atoms with Crippen LogP contribution in [0.25, 0.3) is 0 Å². The standard InChI is InChI=1S/C24H24F3N7O3S/c1-13-8-14(20(29)31-33(30)12-19(35)36)4-5-16(13)11-32-22(38)34(21(37)23(32,2)3)17-7-6-15(10-28)18(9-17)24(25,26)27/h4-9H,11-12,30H2,1-3H3,(H2,29,31)(H,35,36). The molecule has 5 N–H and O–H groups in total. The first-order valence-electron chi connectivity index (χ1n) is 11.0. The normalized spacial score (nSPS) is 15.6. The van der Waals surface area contributed by atoms with Crippen molar-refractivity contribution < 1.29 is 27.9 Å². The molecule has 0 saturated carbocycles. The molecule has 14 heteroatoms. The van der Waals surface area contributed by atoms with E-state index in [1.165, 1.54) is 12.1 Å². The number of aliphatic carboxylic acids is 1. The number of hydrazone groups is 1. The van der Waals surface area contributed by atoms with Crippen molar-refractivity contribution in [3.8, 4) is 6.07 Å². The van der Waals surface area contributed by atoms with Crippen LogP contribution in [0.3, 0.4) is 0 Å². The summed E-state index contributed by atoms with van der Waals surface area (Å²) in [4.78, 5) is 26.7. The van der Waals surface area contributed by atoms with Gasteiger partial charge in [0.15, 0.2) is 17.5 Å². The minimum atomic E-state index is -4.79. The number of hydrogen-bond donors (Lipinski definition) is 3. The molecule has 0 bridgehead atoms. The Morgan fingerprint density at radius 3 is 2.47 bits per heavy atom. The van der Waals surface area contributed by atoms with Crippen molar-refractivity contribution >= 4 is 40.7 Å². The van der Waals surface area contributed by atoms with Crippen LogP contribution in [-0.4, -0.2) is 50.0 Å². The van der Waals surface area contributed by atoms with Gasteiger partial charge in [-0.05, 0) is 68.4 Å². The fourth-order valence-corrected chi connectivity index (χ4v) is 4.39. The number of carbonyl (C=O) groups excluding carboxylic acids is 1. The van der Waals surface area contributed by atoms with Gasteiger partial charge in [0.05, 0.1) is 22.9 Å². The number of nitrogens with two attached hydrogens (primary N) is 2. The number of amidine groups is 1. The summed E-state index contributed by atoms with van der Waals surface area (Å²) in [6, 6.07) is 9.59.